The van der Waals surface area contributed by atoms with Gasteiger partial charge in [-0.25, -0.2) is 0 Å². The van der Waals surface area contributed by atoms with Crippen LogP contribution < -0.4 is 0 Å². The molecule has 0 radical (unpaired) electrons. The molecule has 1 heterocycles. The van der Waals surface area contributed by atoms with E-state index in [9.17, 15) is 10.4 Å². The lowest BCUT2D eigenvalue weighted by atomic mass is 9.61. The summed E-state index contributed by atoms with van der Waals surface area (Å²) in [6, 6.07) is 2.43. The molecule has 0 aromatic rings. The first kappa shape index (κ1) is 12.9. The minimum Gasteiger partial charge on any atom is -0.386 e. The average molecular weight is 237 g/mol. The van der Waals surface area contributed by atoms with Gasteiger partial charge in [0.1, 0.15) is 5.60 Å². The molecular formula is C14H23NO2. The summed E-state index contributed by atoms with van der Waals surface area (Å²) in [6.07, 6.45) is 6.96. The quantitative estimate of drug-likeness (QED) is 0.821. The lowest BCUT2D eigenvalue weighted by Gasteiger charge is -2.43. The van der Waals surface area contributed by atoms with Crippen LogP contribution in [-0.4, -0.2) is 23.9 Å². The molecule has 3 nitrogen and oxygen atoms in total. The van der Waals surface area contributed by atoms with Crippen molar-refractivity contribution in [3.05, 3.63) is 0 Å². The van der Waals surface area contributed by atoms with Crippen molar-refractivity contribution in [1.82, 2.24) is 0 Å². The van der Waals surface area contributed by atoms with E-state index in [1.54, 1.807) is 0 Å². The van der Waals surface area contributed by atoms with Gasteiger partial charge in [0.25, 0.3) is 0 Å². The second kappa shape index (κ2) is 4.96. The van der Waals surface area contributed by atoms with Gasteiger partial charge in [0.2, 0.25) is 0 Å². The lowest BCUT2D eigenvalue weighted by Crippen LogP contribution is -2.50. The van der Waals surface area contributed by atoms with Crippen LogP contribution in [0.15, 0.2) is 0 Å². The van der Waals surface area contributed by atoms with Gasteiger partial charge in [-0.15, -0.1) is 0 Å². The molecular weight excluding hydrogens is 214 g/mol. The predicted octanol–water partition coefficient (Wildman–Crippen LogP) is 2.64. The van der Waals surface area contributed by atoms with Gasteiger partial charge in [-0.2, -0.15) is 5.26 Å². The van der Waals surface area contributed by atoms with E-state index in [4.69, 9.17) is 4.74 Å². The van der Waals surface area contributed by atoms with Crippen molar-refractivity contribution < 1.29 is 9.84 Å². The zero-order valence-corrected chi connectivity index (χ0v) is 10.7. The molecule has 1 N–H and O–H groups in total. The van der Waals surface area contributed by atoms with Gasteiger partial charge in [0.15, 0.2) is 0 Å². The summed E-state index contributed by atoms with van der Waals surface area (Å²) >= 11 is 0. The number of nitrogens with zero attached hydrogens (tertiary/aromatic N) is 1. The molecule has 0 spiro atoms. The van der Waals surface area contributed by atoms with Gasteiger partial charge < -0.3 is 9.84 Å². The number of ether oxygens (including phenoxy) is 1. The molecule has 1 atom stereocenters. The van der Waals surface area contributed by atoms with E-state index in [1.807, 2.05) is 0 Å². The topological polar surface area (TPSA) is 53.2 Å². The molecule has 2 rings (SSSR count). The van der Waals surface area contributed by atoms with Crippen molar-refractivity contribution in [3.63, 3.8) is 0 Å². The molecule has 2 aliphatic rings. The lowest BCUT2D eigenvalue weighted by molar-refractivity contribution is -0.0800. The molecule has 1 unspecified atom stereocenters. The Morgan fingerprint density at radius 2 is 2.06 bits per heavy atom. The maximum absolute atomic E-state index is 10.6. The van der Waals surface area contributed by atoms with Crippen LogP contribution in [0.5, 0.6) is 0 Å². The van der Waals surface area contributed by atoms with Crippen LogP contribution in [0.4, 0.5) is 0 Å². The molecule has 2 fully saturated rings. The van der Waals surface area contributed by atoms with Crippen molar-refractivity contribution in [2.24, 2.45) is 11.3 Å². The van der Waals surface area contributed by atoms with Gasteiger partial charge in [0.05, 0.1) is 18.1 Å². The Balaban J connectivity index is 2.05. The largest absolute Gasteiger partial charge is 0.386 e. The molecule has 17 heavy (non-hydrogen) atoms. The van der Waals surface area contributed by atoms with Gasteiger partial charge in [0, 0.05) is 13.0 Å². The first-order valence-electron chi connectivity index (χ1n) is 6.87. The fraction of sp³-hybridized carbons (Fsp3) is 0.929. The third-order valence-electron chi connectivity index (χ3n) is 4.76. The molecule has 1 saturated carbocycles. The first-order chi connectivity index (χ1) is 8.16. The normalized spacial score (nSPS) is 42.3. The van der Waals surface area contributed by atoms with Crippen LogP contribution in [0.1, 0.15) is 51.9 Å². The van der Waals surface area contributed by atoms with E-state index in [-0.39, 0.29) is 0 Å². The summed E-state index contributed by atoms with van der Waals surface area (Å²) < 4.78 is 5.31. The van der Waals surface area contributed by atoms with E-state index < -0.39 is 11.0 Å². The van der Waals surface area contributed by atoms with Crippen molar-refractivity contribution >= 4 is 0 Å². The molecule has 96 valence electrons. The summed E-state index contributed by atoms with van der Waals surface area (Å²) in [6.45, 7) is 3.15. The van der Waals surface area contributed by atoms with E-state index in [0.717, 1.165) is 31.6 Å². The third-order valence-corrected chi connectivity index (χ3v) is 4.76. The molecule has 1 aliphatic heterocycles. The Hall–Kier alpha value is -0.590. The Morgan fingerprint density at radius 3 is 2.53 bits per heavy atom. The van der Waals surface area contributed by atoms with Crippen molar-refractivity contribution in [2.45, 2.75) is 57.5 Å². The van der Waals surface area contributed by atoms with Crippen LogP contribution in [0.3, 0.4) is 0 Å². The Kier molecular flexibility index (Phi) is 3.75. The van der Waals surface area contributed by atoms with E-state index in [2.05, 4.69) is 13.0 Å². The first-order valence-corrected chi connectivity index (χ1v) is 6.87. The zero-order valence-electron chi connectivity index (χ0n) is 10.7. The van der Waals surface area contributed by atoms with Crippen molar-refractivity contribution in [3.8, 4) is 6.07 Å². The number of aliphatic hydroxyl groups is 1. The van der Waals surface area contributed by atoms with E-state index >= 15 is 0 Å². The smallest absolute Gasteiger partial charge is 0.109 e. The number of hydrogen-bond acceptors (Lipinski definition) is 3. The van der Waals surface area contributed by atoms with Crippen LogP contribution in [0, 0.1) is 22.7 Å². The molecule has 0 aromatic heterocycles. The monoisotopic (exact) mass is 237 g/mol. The zero-order chi connectivity index (χ0) is 12.4. The molecule has 1 saturated heterocycles. The van der Waals surface area contributed by atoms with Crippen molar-refractivity contribution in [2.75, 3.05) is 13.2 Å². The van der Waals surface area contributed by atoms with Crippen LogP contribution >= 0.6 is 0 Å². The minimum atomic E-state index is -0.890. The Bertz CT molecular complexity index is 294. The number of hydrogen-bond donors (Lipinski definition) is 1. The second-order valence-electron chi connectivity index (χ2n) is 5.76. The predicted molar refractivity (Wildman–Crippen MR) is 65.3 cm³/mol. The summed E-state index contributed by atoms with van der Waals surface area (Å²) in [5.74, 6) is 0.757. The van der Waals surface area contributed by atoms with E-state index in [0.29, 0.717) is 19.6 Å². The highest BCUT2D eigenvalue weighted by Gasteiger charge is 2.54. The molecule has 3 heteroatoms. The van der Waals surface area contributed by atoms with Crippen LogP contribution in [0.2, 0.25) is 0 Å². The summed E-state index contributed by atoms with van der Waals surface area (Å²) in [7, 11) is 0. The third kappa shape index (κ3) is 2.21. The van der Waals surface area contributed by atoms with Gasteiger partial charge in [-0.3, -0.25) is 0 Å². The highest BCUT2D eigenvalue weighted by atomic mass is 16.5. The maximum atomic E-state index is 10.6. The Morgan fingerprint density at radius 1 is 1.35 bits per heavy atom. The summed E-state index contributed by atoms with van der Waals surface area (Å²) in [4.78, 5) is 0. The number of nitriles is 1. The average Bonchev–Trinajstić information content (AvgIpc) is 2.79. The highest BCUT2D eigenvalue weighted by Crippen LogP contribution is 2.49. The van der Waals surface area contributed by atoms with Crippen molar-refractivity contribution in [1.29, 1.82) is 5.26 Å². The van der Waals surface area contributed by atoms with Gasteiger partial charge >= 0.3 is 0 Å². The fourth-order valence-electron chi connectivity index (χ4n) is 3.48. The SMILES string of the molecule is CCCC1CCC(C#N)(C2(O)CCOC2)CC1. The number of rotatable bonds is 3. The molecule has 0 bridgehead atoms. The molecule has 1 aliphatic carbocycles. The highest BCUT2D eigenvalue weighted by molar-refractivity contribution is 5.14. The molecule has 0 aromatic carbocycles. The van der Waals surface area contributed by atoms with Crippen LogP contribution in [0.25, 0.3) is 0 Å². The second-order valence-corrected chi connectivity index (χ2v) is 5.76. The van der Waals surface area contributed by atoms with Gasteiger partial charge in [-0.05, 0) is 31.6 Å². The van der Waals surface area contributed by atoms with Gasteiger partial charge in [-0.1, -0.05) is 19.8 Å². The Labute approximate surface area is 104 Å². The minimum absolute atomic E-state index is 0.346. The summed E-state index contributed by atoms with van der Waals surface area (Å²) in [5, 5.41) is 20.2. The standard InChI is InChI=1S/C14H23NO2/c1-2-3-12-4-6-13(10-15,7-5-12)14(16)8-9-17-11-14/h12,16H,2-9,11H2,1H3. The maximum Gasteiger partial charge on any atom is 0.109 e. The molecule has 0 amide bonds. The fourth-order valence-corrected chi connectivity index (χ4v) is 3.48. The summed E-state index contributed by atoms with van der Waals surface area (Å²) in [5.41, 5.74) is -1.44. The van der Waals surface area contributed by atoms with Crippen LogP contribution in [-0.2, 0) is 4.74 Å². The van der Waals surface area contributed by atoms with E-state index in [1.165, 1.54) is 12.8 Å².